The highest BCUT2D eigenvalue weighted by Gasteiger charge is 2.17. The minimum Gasteiger partial charge on any atom is -0.396 e. The van der Waals surface area contributed by atoms with E-state index in [0.29, 0.717) is 13.0 Å². The molecule has 1 aromatic rings. The van der Waals surface area contributed by atoms with Gasteiger partial charge in [0.2, 0.25) is 5.91 Å². The molecule has 0 fully saturated rings. The van der Waals surface area contributed by atoms with Gasteiger partial charge in [-0.3, -0.25) is 4.79 Å². The summed E-state index contributed by atoms with van der Waals surface area (Å²) >= 11 is 0. The predicted octanol–water partition coefficient (Wildman–Crippen LogP) is 1.36. The summed E-state index contributed by atoms with van der Waals surface area (Å²) in [5, 5.41) is 11.9. The first-order chi connectivity index (χ1) is 7.53. The van der Waals surface area contributed by atoms with Gasteiger partial charge in [0.25, 0.3) is 0 Å². The maximum Gasteiger partial charge on any atom is 0.224 e. The maximum absolute atomic E-state index is 11.6. The van der Waals surface area contributed by atoms with Gasteiger partial charge in [0.15, 0.2) is 0 Å². The Morgan fingerprint density at radius 2 is 1.94 bits per heavy atom. The van der Waals surface area contributed by atoms with E-state index in [2.05, 4.69) is 5.32 Å². The molecule has 0 aliphatic carbocycles. The summed E-state index contributed by atoms with van der Waals surface area (Å²) in [6, 6.07) is 9.62. The van der Waals surface area contributed by atoms with E-state index in [9.17, 15) is 4.79 Å². The Hall–Kier alpha value is -1.35. The number of hydrogen-bond donors (Lipinski definition) is 2. The van der Waals surface area contributed by atoms with Crippen LogP contribution in [0.1, 0.15) is 19.4 Å². The topological polar surface area (TPSA) is 49.3 Å². The fourth-order valence-corrected chi connectivity index (χ4v) is 1.24. The SMILES string of the molecule is CC(C)(CO)CNC(=O)Cc1ccccc1. The third kappa shape index (κ3) is 4.45. The summed E-state index contributed by atoms with van der Waals surface area (Å²) < 4.78 is 0. The summed E-state index contributed by atoms with van der Waals surface area (Å²) in [6.45, 7) is 4.39. The van der Waals surface area contributed by atoms with Crippen LogP contribution in [0, 0.1) is 5.41 Å². The number of aliphatic hydroxyl groups is 1. The van der Waals surface area contributed by atoms with Gasteiger partial charge in [-0.05, 0) is 5.56 Å². The summed E-state index contributed by atoms with van der Waals surface area (Å²) in [7, 11) is 0. The zero-order valence-corrected chi connectivity index (χ0v) is 9.86. The van der Waals surface area contributed by atoms with Gasteiger partial charge in [0.05, 0.1) is 6.42 Å². The highest BCUT2D eigenvalue weighted by molar-refractivity contribution is 5.78. The molecule has 0 heterocycles. The van der Waals surface area contributed by atoms with E-state index in [0.717, 1.165) is 5.56 Å². The van der Waals surface area contributed by atoms with Crippen LogP contribution in [0.4, 0.5) is 0 Å². The van der Waals surface area contributed by atoms with Gasteiger partial charge in [-0.1, -0.05) is 44.2 Å². The van der Waals surface area contributed by atoms with Crippen molar-refractivity contribution in [3.05, 3.63) is 35.9 Å². The second-order valence-corrected chi connectivity index (χ2v) is 4.76. The number of carbonyl (C=O) groups is 1. The number of carbonyl (C=O) groups excluding carboxylic acids is 1. The van der Waals surface area contributed by atoms with Crippen molar-refractivity contribution in [2.75, 3.05) is 13.2 Å². The molecular formula is C13H19NO2. The van der Waals surface area contributed by atoms with E-state index in [-0.39, 0.29) is 17.9 Å². The number of rotatable bonds is 5. The molecule has 0 spiro atoms. The van der Waals surface area contributed by atoms with Gasteiger partial charge in [0, 0.05) is 18.6 Å². The minimum absolute atomic E-state index is 0.00674. The average Bonchev–Trinajstić information content (AvgIpc) is 2.28. The molecular weight excluding hydrogens is 202 g/mol. The van der Waals surface area contributed by atoms with Gasteiger partial charge in [-0.25, -0.2) is 0 Å². The van der Waals surface area contributed by atoms with Crippen molar-refractivity contribution in [3.8, 4) is 0 Å². The molecule has 0 aliphatic rings. The molecule has 16 heavy (non-hydrogen) atoms. The van der Waals surface area contributed by atoms with Crippen molar-refractivity contribution in [1.82, 2.24) is 5.32 Å². The Morgan fingerprint density at radius 3 is 2.50 bits per heavy atom. The molecule has 2 N–H and O–H groups in total. The molecule has 0 aromatic heterocycles. The van der Waals surface area contributed by atoms with Crippen LogP contribution >= 0.6 is 0 Å². The molecule has 1 amide bonds. The zero-order chi connectivity index (χ0) is 12.0. The lowest BCUT2D eigenvalue weighted by Gasteiger charge is -2.21. The molecule has 1 aromatic carbocycles. The lowest BCUT2D eigenvalue weighted by atomic mass is 9.95. The lowest BCUT2D eigenvalue weighted by Crippen LogP contribution is -2.36. The number of amides is 1. The molecule has 0 atom stereocenters. The highest BCUT2D eigenvalue weighted by atomic mass is 16.3. The van der Waals surface area contributed by atoms with Crippen molar-refractivity contribution in [2.24, 2.45) is 5.41 Å². The van der Waals surface area contributed by atoms with Crippen LogP contribution < -0.4 is 5.32 Å². The Bertz CT molecular complexity index is 333. The normalized spacial score (nSPS) is 11.2. The van der Waals surface area contributed by atoms with E-state index in [4.69, 9.17) is 5.11 Å². The first-order valence-electron chi connectivity index (χ1n) is 5.45. The molecule has 0 aliphatic heterocycles. The monoisotopic (exact) mass is 221 g/mol. The van der Waals surface area contributed by atoms with Gasteiger partial charge in [0.1, 0.15) is 0 Å². The minimum atomic E-state index is -0.258. The summed E-state index contributed by atoms with van der Waals surface area (Å²) in [5.74, 6) is -0.00674. The number of aliphatic hydroxyl groups excluding tert-OH is 1. The highest BCUT2D eigenvalue weighted by Crippen LogP contribution is 2.11. The smallest absolute Gasteiger partial charge is 0.224 e. The second kappa shape index (κ2) is 5.66. The quantitative estimate of drug-likeness (QED) is 0.789. The lowest BCUT2D eigenvalue weighted by molar-refractivity contribution is -0.121. The largest absolute Gasteiger partial charge is 0.396 e. The molecule has 88 valence electrons. The fourth-order valence-electron chi connectivity index (χ4n) is 1.24. The van der Waals surface area contributed by atoms with Gasteiger partial charge >= 0.3 is 0 Å². The van der Waals surface area contributed by atoms with Gasteiger partial charge in [-0.2, -0.15) is 0 Å². The van der Waals surface area contributed by atoms with Crippen LogP contribution in [0.2, 0.25) is 0 Å². The molecule has 0 unspecified atom stereocenters. The standard InChI is InChI=1S/C13H19NO2/c1-13(2,10-15)9-14-12(16)8-11-6-4-3-5-7-11/h3-7,15H,8-10H2,1-2H3,(H,14,16). The van der Waals surface area contributed by atoms with Crippen molar-refractivity contribution in [2.45, 2.75) is 20.3 Å². The number of hydrogen-bond acceptors (Lipinski definition) is 2. The molecule has 1 rings (SSSR count). The third-order valence-electron chi connectivity index (χ3n) is 2.40. The first-order valence-corrected chi connectivity index (χ1v) is 5.45. The Morgan fingerprint density at radius 1 is 1.31 bits per heavy atom. The summed E-state index contributed by atoms with van der Waals surface area (Å²) in [6.07, 6.45) is 0.391. The molecule has 0 saturated carbocycles. The Kier molecular flexibility index (Phi) is 4.50. The van der Waals surface area contributed by atoms with Gasteiger partial charge < -0.3 is 10.4 Å². The summed E-state index contributed by atoms with van der Waals surface area (Å²) in [4.78, 5) is 11.6. The molecule has 3 heteroatoms. The van der Waals surface area contributed by atoms with Crippen LogP contribution in [0.3, 0.4) is 0 Å². The molecule has 3 nitrogen and oxygen atoms in total. The second-order valence-electron chi connectivity index (χ2n) is 4.76. The Labute approximate surface area is 96.5 Å². The van der Waals surface area contributed by atoms with Gasteiger partial charge in [-0.15, -0.1) is 0 Å². The van der Waals surface area contributed by atoms with Crippen molar-refractivity contribution >= 4 is 5.91 Å². The predicted molar refractivity (Wildman–Crippen MR) is 64.0 cm³/mol. The number of benzene rings is 1. The fraction of sp³-hybridized carbons (Fsp3) is 0.462. The van der Waals surface area contributed by atoms with Crippen molar-refractivity contribution in [3.63, 3.8) is 0 Å². The summed E-state index contributed by atoms with van der Waals surface area (Å²) in [5.41, 5.74) is 0.744. The first kappa shape index (κ1) is 12.7. The van der Waals surface area contributed by atoms with E-state index < -0.39 is 0 Å². The van der Waals surface area contributed by atoms with Crippen molar-refractivity contribution in [1.29, 1.82) is 0 Å². The van der Waals surface area contributed by atoms with E-state index in [1.54, 1.807) is 0 Å². The molecule has 0 saturated heterocycles. The van der Waals surface area contributed by atoms with Crippen LogP contribution in [-0.4, -0.2) is 24.2 Å². The zero-order valence-electron chi connectivity index (χ0n) is 9.86. The van der Waals surface area contributed by atoms with Crippen LogP contribution in [0.15, 0.2) is 30.3 Å². The third-order valence-corrected chi connectivity index (χ3v) is 2.40. The van der Waals surface area contributed by atoms with E-state index in [1.807, 2.05) is 44.2 Å². The molecule has 0 bridgehead atoms. The van der Waals surface area contributed by atoms with Crippen molar-refractivity contribution < 1.29 is 9.90 Å². The van der Waals surface area contributed by atoms with Crippen LogP contribution in [0.5, 0.6) is 0 Å². The average molecular weight is 221 g/mol. The number of nitrogens with one attached hydrogen (secondary N) is 1. The Balaban J connectivity index is 2.38. The van der Waals surface area contributed by atoms with Crippen LogP contribution in [0.25, 0.3) is 0 Å². The van der Waals surface area contributed by atoms with E-state index in [1.165, 1.54) is 0 Å². The maximum atomic E-state index is 11.6. The molecule has 0 radical (unpaired) electrons. The van der Waals surface area contributed by atoms with E-state index >= 15 is 0 Å². The van der Waals surface area contributed by atoms with Crippen LogP contribution in [-0.2, 0) is 11.2 Å².